The quantitative estimate of drug-likeness (QED) is 0.739. The minimum absolute atomic E-state index is 0.0621. The van der Waals surface area contributed by atoms with E-state index in [9.17, 15) is 14.5 Å². The zero-order valence-electron chi connectivity index (χ0n) is 7.85. The molecular formula is C9H8N2O4. The van der Waals surface area contributed by atoms with Crippen LogP contribution in [0.3, 0.4) is 0 Å². The van der Waals surface area contributed by atoms with Crippen LogP contribution >= 0.6 is 0 Å². The van der Waals surface area contributed by atoms with Crippen molar-refractivity contribution in [2.24, 2.45) is 5.18 Å². The Hall–Kier alpha value is -2.24. The van der Waals surface area contributed by atoms with Gasteiger partial charge in [0.1, 0.15) is 11.3 Å². The van der Waals surface area contributed by atoms with Crippen LogP contribution in [0.5, 0.6) is 0 Å². The zero-order valence-corrected chi connectivity index (χ0v) is 7.85. The van der Waals surface area contributed by atoms with E-state index in [2.05, 4.69) is 10.5 Å². The topological polar surface area (TPSA) is 95.8 Å². The van der Waals surface area contributed by atoms with Gasteiger partial charge < -0.3 is 10.4 Å². The van der Waals surface area contributed by atoms with Crippen molar-refractivity contribution in [1.29, 1.82) is 0 Å². The van der Waals surface area contributed by atoms with E-state index in [1.165, 1.54) is 25.1 Å². The molecule has 6 nitrogen and oxygen atoms in total. The molecule has 0 heterocycles. The summed E-state index contributed by atoms with van der Waals surface area (Å²) < 4.78 is 0. The number of carboxylic acids is 1. The summed E-state index contributed by atoms with van der Waals surface area (Å²) >= 11 is 0. The number of anilines is 1. The van der Waals surface area contributed by atoms with E-state index in [1.54, 1.807) is 0 Å². The Morgan fingerprint density at radius 2 is 2.07 bits per heavy atom. The number of rotatable bonds is 3. The van der Waals surface area contributed by atoms with E-state index < -0.39 is 11.9 Å². The van der Waals surface area contributed by atoms with E-state index in [1.807, 2.05) is 0 Å². The second kappa shape index (κ2) is 4.32. The smallest absolute Gasteiger partial charge is 0.340 e. The molecule has 15 heavy (non-hydrogen) atoms. The van der Waals surface area contributed by atoms with Crippen LogP contribution in [0.4, 0.5) is 11.4 Å². The third kappa shape index (κ3) is 2.37. The third-order valence-corrected chi connectivity index (χ3v) is 1.67. The highest BCUT2D eigenvalue weighted by atomic mass is 16.4. The van der Waals surface area contributed by atoms with Crippen LogP contribution in [0.1, 0.15) is 17.3 Å². The normalized spacial score (nSPS) is 9.40. The number of amides is 1. The van der Waals surface area contributed by atoms with Crippen LogP contribution < -0.4 is 5.32 Å². The summed E-state index contributed by atoms with van der Waals surface area (Å²) in [5.74, 6) is -1.73. The van der Waals surface area contributed by atoms with Crippen LogP contribution in [-0.2, 0) is 4.79 Å². The maximum atomic E-state index is 10.8. The lowest BCUT2D eigenvalue weighted by Gasteiger charge is -2.06. The number of benzene rings is 1. The Morgan fingerprint density at radius 1 is 1.40 bits per heavy atom. The van der Waals surface area contributed by atoms with Crippen LogP contribution in [-0.4, -0.2) is 17.0 Å². The average molecular weight is 208 g/mol. The first-order valence-electron chi connectivity index (χ1n) is 4.03. The molecular weight excluding hydrogens is 200 g/mol. The molecule has 1 aromatic rings. The highest BCUT2D eigenvalue weighted by Crippen LogP contribution is 2.26. The Morgan fingerprint density at radius 3 is 2.53 bits per heavy atom. The van der Waals surface area contributed by atoms with Crippen molar-refractivity contribution in [3.05, 3.63) is 28.7 Å². The van der Waals surface area contributed by atoms with Crippen molar-refractivity contribution in [2.75, 3.05) is 5.32 Å². The molecule has 0 radical (unpaired) electrons. The maximum absolute atomic E-state index is 10.8. The fraction of sp³-hybridized carbons (Fsp3) is 0.111. The summed E-state index contributed by atoms with van der Waals surface area (Å²) in [5.41, 5.74) is -0.455. The molecule has 1 amide bonds. The molecule has 0 bridgehead atoms. The summed E-state index contributed by atoms with van der Waals surface area (Å²) in [6, 6.07) is 4.09. The van der Waals surface area contributed by atoms with Gasteiger partial charge in [0.25, 0.3) is 0 Å². The van der Waals surface area contributed by atoms with E-state index in [-0.39, 0.29) is 16.9 Å². The fourth-order valence-electron chi connectivity index (χ4n) is 1.13. The highest BCUT2D eigenvalue weighted by molar-refractivity contribution is 6.03. The number of nitrogens with zero attached hydrogens (tertiary/aromatic N) is 1. The molecule has 0 fully saturated rings. The first-order chi connectivity index (χ1) is 7.06. The Labute approximate surface area is 84.9 Å². The minimum Gasteiger partial charge on any atom is -0.478 e. The minimum atomic E-state index is -1.31. The van der Waals surface area contributed by atoms with Crippen molar-refractivity contribution < 1.29 is 14.7 Å². The van der Waals surface area contributed by atoms with Crippen molar-refractivity contribution in [2.45, 2.75) is 6.92 Å². The highest BCUT2D eigenvalue weighted by Gasteiger charge is 2.16. The van der Waals surface area contributed by atoms with Gasteiger partial charge in [-0.25, -0.2) is 4.79 Å². The molecule has 0 aliphatic carbocycles. The van der Waals surface area contributed by atoms with Crippen LogP contribution in [0.25, 0.3) is 0 Å². The number of carboxylic acid groups (broad SMARTS) is 1. The molecule has 0 saturated carbocycles. The average Bonchev–Trinajstić information content (AvgIpc) is 2.15. The van der Waals surface area contributed by atoms with Crippen LogP contribution in [0.2, 0.25) is 0 Å². The van der Waals surface area contributed by atoms with Gasteiger partial charge in [0.2, 0.25) is 5.91 Å². The molecule has 0 aliphatic heterocycles. The summed E-state index contributed by atoms with van der Waals surface area (Å²) in [7, 11) is 0. The molecule has 2 N–H and O–H groups in total. The summed E-state index contributed by atoms with van der Waals surface area (Å²) in [6.07, 6.45) is 0. The Balaban J connectivity index is 3.31. The van der Waals surface area contributed by atoms with Crippen molar-refractivity contribution in [3.63, 3.8) is 0 Å². The van der Waals surface area contributed by atoms with E-state index in [0.717, 1.165) is 0 Å². The Kier molecular flexibility index (Phi) is 3.12. The first-order valence-corrected chi connectivity index (χ1v) is 4.03. The van der Waals surface area contributed by atoms with Crippen molar-refractivity contribution in [1.82, 2.24) is 0 Å². The monoisotopic (exact) mass is 208 g/mol. The van der Waals surface area contributed by atoms with Gasteiger partial charge in [0.05, 0.1) is 5.69 Å². The number of carbonyl (C=O) groups is 2. The molecule has 78 valence electrons. The standard InChI is InChI=1S/C9H8N2O4/c1-5(12)10-6-3-2-4-7(11-15)8(6)9(13)14/h2-4H,1H3,(H,10,12)(H,13,14). The van der Waals surface area contributed by atoms with Gasteiger partial charge in [-0.3, -0.25) is 4.79 Å². The molecule has 0 unspecified atom stereocenters. The SMILES string of the molecule is CC(=O)Nc1cccc(N=O)c1C(=O)O. The van der Waals surface area contributed by atoms with E-state index in [0.29, 0.717) is 0 Å². The van der Waals surface area contributed by atoms with Crippen molar-refractivity contribution in [3.8, 4) is 0 Å². The number of nitroso groups, excluding NO2 is 1. The summed E-state index contributed by atoms with van der Waals surface area (Å²) in [5, 5.41) is 13.7. The lowest BCUT2D eigenvalue weighted by atomic mass is 10.1. The number of hydrogen-bond donors (Lipinski definition) is 2. The third-order valence-electron chi connectivity index (χ3n) is 1.67. The first kappa shape index (κ1) is 10.8. The lowest BCUT2D eigenvalue weighted by Crippen LogP contribution is -2.10. The van der Waals surface area contributed by atoms with E-state index >= 15 is 0 Å². The molecule has 0 saturated heterocycles. The van der Waals surface area contributed by atoms with Gasteiger partial charge in [0.15, 0.2) is 0 Å². The van der Waals surface area contributed by atoms with Gasteiger partial charge in [-0.15, -0.1) is 4.91 Å². The summed E-state index contributed by atoms with van der Waals surface area (Å²) in [6.45, 7) is 1.24. The van der Waals surface area contributed by atoms with Gasteiger partial charge >= 0.3 is 5.97 Å². The van der Waals surface area contributed by atoms with Crippen LogP contribution in [0.15, 0.2) is 23.4 Å². The maximum Gasteiger partial charge on any atom is 0.340 e. The van der Waals surface area contributed by atoms with Crippen LogP contribution in [0, 0.1) is 4.91 Å². The molecule has 0 atom stereocenters. The second-order valence-electron chi connectivity index (χ2n) is 2.78. The van der Waals surface area contributed by atoms with Gasteiger partial charge in [0, 0.05) is 6.92 Å². The second-order valence-corrected chi connectivity index (χ2v) is 2.78. The fourth-order valence-corrected chi connectivity index (χ4v) is 1.13. The molecule has 0 spiro atoms. The van der Waals surface area contributed by atoms with Gasteiger partial charge in [-0.05, 0) is 17.3 Å². The largest absolute Gasteiger partial charge is 0.478 e. The van der Waals surface area contributed by atoms with Gasteiger partial charge in [-0.2, -0.15) is 0 Å². The Bertz CT molecular complexity index is 428. The van der Waals surface area contributed by atoms with Crippen molar-refractivity contribution >= 4 is 23.3 Å². The molecule has 1 rings (SSSR count). The van der Waals surface area contributed by atoms with Gasteiger partial charge in [-0.1, -0.05) is 6.07 Å². The van der Waals surface area contributed by atoms with E-state index in [4.69, 9.17) is 5.11 Å². The molecule has 1 aromatic carbocycles. The predicted octanol–water partition coefficient (Wildman–Crippen LogP) is 1.74. The zero-order chi connectivity index (χ0) is 11.4. The number of hydrogen-bond acceptors (Lipinski definition) is 4. The molecule has 6 heteroatoms. The molecule has 0 aliphatic rings. The predicted molar refractivity (Wildman–Crippen MR) is 53.2 cm³/mol. The summed E-state index contributed by atoms with van der Waals surface area (Å²) in [4.78, 5) is 32.0. The number of aromatic carboxylic acids is 1. The number of carbonyl (C=O) groups excluding carboxylic acids is 1. The number of nitrogens with one attached hydrogen (secondary N) is 1. The lowest BCUT2D eigenvalue weighted by molar-refractivity contribution is -0.114. The molecule has 0 aromatic heterocycles.